The van der Waals surface area contributed by atoms with Crippen molar-refractivity contribution in [2.75, 3.05) is 23.4 Å². The Balaban J connectivity index is 3.22. The van der Waals surface area contributed by atoms with Gasteiger partial charge in [0.1, 0.15) is 11.6 Å². The molecule has 0 radical (unpaired) electrons. The van der Waals surface area contributed by atoms with Gasteiger partial charge in [-0.25, -0.2) is 10.8 Å². The van der Waals surface area contributed by atoms with Gasteiger partial charge in [-0.2, -0.15) is 13.2 Å². The van der Waals surface area contributed by atoms with Crippen molar-refractivity contribution in [2.45, 2.75) is 20.0 Å². The van der Waals surface area contributed by atoms with E-state index in [1.807, 2.05) is 13.8 Å². The van der Waals surface area contributed by atoms with Gasteiger partial charge in [0.25, 0.3) is 0 Å². The second kappa shape index (κ2) is 5.22. The number of nitrogens with zero attached hydrogens (tertiary/aromatic N) is 2. The Morgan fingerprint density at radius 1 is 1.29 bits per heavy atom. The Bertz CT molecular complexity index is 374. The predicted octanol–water partition coefficient (Wildman–Crippen LogP) is 2.23. The maximum Gasteiger partial charge on any atom is 0.416 e. The second-order valence-corrected chi connectivity index (χ2v) is 3.41. The minimum absolute atomic E-state index is 0.00160. The highest BCUT2D eigenvalue weighted by Gasteiger charge is 2.32. The molecule has 96 valence electrons. The lowest BCUT2D eigenvalue weighted by atomic mass is 10.2. The number of aromatic nitrogens is 1. The summed E-state index contributed by atoms with van der Waals surface area (Å²) >= 11 is 0. The highest BCUT2D eigenvalue weighted by atomic mass is 19.4. The molecule has 7 heteroatoms. The molecule has 1 heterocycles. The predicted molar refractivity (Wildman–Crippen MR) is 60.6 cm³/mol. The zero-order valence-corrected chi connectivity index (χ0v) is 9.67. The lowest BCUT2D eigenvalue weighted by molar-refractivity contribution is -0.137. The fourth-order valence-electron chi connectivity index (χ4n) is 1.46. The van der Waals surface area contributed by atoms with Gasteiger partial charge in [-0.1, -0.05) is 0 Å². The molecule has 0 saturated heterocycles. The zero-order valence-electron chi connectivity index (χ0n) is 9.67. The van der Waals surface area contributed by atoms with Crippen molar-refractivity contribution in [3.05, 3.63) is 17.7 Å². The summed E-state index contributed by atoms with van der Waals surface area (Å²) in [6, 6.07) is 1.90. The van der Waals surface area contributed by atoms with Gasteiger partial charge < -0.3 is 10.3 Å². The number of hydrogen-bond acceptors (Lipinski definition) is 4. The molecule has 0 aliphatic rings. The van der Waals surface area contributed by atoms with Gasteiger partial charge in [-0.15, -0.1) is 0 Å². The number of hydrazine groups is 1. The molecule has 0 spiro atoms. The van der Waals surface area contributed by atoms with E-state index >= 15 is 0 Å². The molecule has 0 aliphatic carbocycles. The van der Waals surface area contributed by atoms with Crippen molar-refractivity contribution in [2.24, 2.45) is 5.84 Å². The van der Waals surface area contributed by atoms with E-state index in [9.17, 15) is 13.2 Å². The molecular formula is C10H15F3N4. The maximum atomic E-state index is 12.6. The van der Waals surface area contributed by atoms with Gasteiger partial charge in [0.2, 0.25) is 0 Å². The van der Waals surface area contributed by atoms with Crippen LogP contribution >= 0.6 is 0 Å². The van der Waals surface area contributed by atoms with E-state index in [0.29, 0.717) is 13.1 Å². The molecule has 4 nitrogen and oxygen atoms in total. The molecule has 0 unspecified atom stereocenters. The van der Waals surface area contributed by atoms with E-state index < -0.39 is 11.7 Å². The highest BCUT2D eigenvalue weighted by Crippen LogP contribution is 2.32. The first-order chi connectivity index (χ1) is 7.92. The molecular weight excluding hydrogens is 233 g/mol. The van der Waals surface area contributed by atoms with Gasteiger partial charge in [-0.3, -0.25) is 0 Å². The molecule has 1 rings (SSSR count). The first-order valence-corrected chi connectivity index (χ1v) is 5.23. The van der Waals surface area contributed by atoms with Crippen LogP contribution in [0.1, 0.15) is 19.4 Å². The molecule has 1 aromatic rings. The number of anilines is 2. The van der Waals surface area contributed by atoms with E-state index in [1.54, 1.807) is 4.90 Å². The van der Waals surface area contributed by atoms with Crippen molar-refractivity contribution in [1.82, 2.24) is 4.98 Å². The van der Waals surface area contributed by atoms with E-state index in [2.05, 4.69) is 10.4 Å². The lowest BCUT2D eigenvalue weighted by Crippen LogP contribution is -2.24. The highest BCUT2D eigenvalue weighted by molar-refractivity contribution is 5.50. The third-order valence-electron chi connectivity index (χ3n) is 2.37. The molecule has 0 saturated carbocycles. The summed E-state index contributed by atoms with van der Waals surface area (Å²) < 4.78 is 37.9. The van der Waals surface area contributed by atoms with Crippen LogP contribution in [0.2, 0.25) is 0 Å². The van der Waals surface area contributed by atoms with E-state index in [1.165, 1.54) is 0 Å². The normalized spacial score (nSPS) is 11.4. The van der Waals surface area contributed by atoms with Gasteiger partial charge in [0.05, 0.1) is 5.56 Å². The molecule has 17 heavy (non-hydrogen) atoms. The number of halogens is 3. The van der Waals surface area contributed by atoms with E-state index in [4.69, 9.17) is 5.84 Å². The van der Waals surface area contributed by atoms with Crippen molar-refractivity contribution >= 4 is 11.6 Å². The molecule has 0 amide bonds. The molecule has 0 atom stereocenters. The van der Waals surface area contributed by atoms with Gasteiger partial charge in [-0.05, 0) is 26.0 Å². The Morgan fingerprint density at radius 2 is 1.88 bits per heavy atom. The van der Waals surface area contributed by atoms with Gasteiger partial charge in [0.15, 0.2) is 0 Å². The molecule has 3 N–H and O–H groups in total. The first-order valence-electron chi connectivity index (χ1n) is 5.23. The average Bonchev–Trinajstić information content (AvgIpc) is 2.29. The Labute approximate surface area is 97.6 Å². The third kappa shape index (κ3) is 3.23. The summed E-state index contributed by atoms with van der Waals surface area (Å²) in [4.78, 5) is 5.72. The number of pyridine rings is 1. The molecule has 0 fully saturated rings. The van der Waals surface area contributed by atoms with Crippen molar-refractivity contribution < 1.29 is 13.2 Å². The number of hydrogen-bond donors (Lipinski definition) is 2. The van der Waals surface area contributed by atoms with Crippen LogP contribution in [0.5, 0.6) is 0 Å². The van der Waals surface area contributed by atoms with Crippen LogP contribution in [0.25, 0.3) is 0 Å². The fourth-order valence-corrected chi connectivity index (χ4v) is 1.46. The number of nitrogen functional groups attached to an aromatic ring is 1. The van der Waals surface area contributed by atoms with Crippen LogP contribution in [-0.4, -0.2) is 18.1 Å². The lowest BCUT2D eigenvalue weighted by Gasteiger charge is -2.21. The Morgan fingerprint density at radius 3 is 2.29 bits per heavy atom. The van der Waals surface area contributed by atoms with Crippen LogP contribution in [0.15, 0.2) is 12.1 Å². The Hall–Kier alpha value is -1.50. The minimum Gasteiger partial charge on any atom is -0.357 e. The average molecular weight is 248 g/mol. The first kappa shape index (κ1) is 13.6. The Kier molecular flexibility index (Phi) is 4.17. The van der Waals surface area contributed by atoms with Crippen LogP contribution in [-0.2, 0) is 6.18 Å². The van der Waals surface area contributed by atoms with Crippen LogP contribution in [0.3, 0.4) is 0 Å². The standard InChI is InChI=1S/C10H15F3N4/c1-3-17(4-2)9-6-7(10(11,12)13)5-8(15-9)16-14/h5-6H,3-4,14H2,1-2H3,(H,15,16). The summed E-state index contributed by atoms with van der Waals surface area (Å²) in [5.74, 6) is 5.38. The monoisotopic (exact) mass is 248 g/mol. The van der Waals surface area contributed by atoms with Crippen LogP contribution in [0.4, 0.5) is 24.8 Å². The quantitative estimate of drug-likeness (QED) is 0.633. The van der Waals surface area contributed by atoms with Crippen molar-refractivity contribution in [3.63, 3.8) is 0 Å². The van der Waals surface area contributed by atoms with E-state index in [-0.39, 0.29) is 11.6 Å². The van der Waals surface area contributed by atoms with E-state index in [0.717, 1.165) is 12.1 Å². The number of nitrogens with two attached hydrogens (primary N) is 1. The number of alkyl halides is 3. The summed E-state index contributed by atoms with van der Waals surface area (Å²) in [6.45, 7) is 4.85. The fraction of sp³-hybridized carbons (Fsp3) is 0.500. The van der Waals surface area contributed by atoms with Crippen molar-refractivity contribution in [3.8, 4) is 0 Å². The summed E-state index contributed by atoms with van der Waals surface area (Å²) in [5, 5.41) is 0. The summed E-state index contributed by atoms with van der Waals surface area (Å²) in [5.41, 5.74) is 1.38. The van der Waals surface area contributed by atoms with Crippen molar-refractivity contribution in [1.29, 1.82) is 0 Å². The summed E-state index contributed by atoms with van der Waals surface area (Å²) in [7, 11) is 0. The zero-order chi connectivity index (χ0) is 13.1. The largest absolute Gasteiger partial charge is 0.416 e. The molecule has 0 aromatic carbocycles. The number of nitrogens with one attached hydrogen (secondary N) is 1. The maximum absolute atomic E-state index is 12.6. The topological polar surface area (TPSA) is 54.2 Å². The van der Waals surface area contributed by atoms with Crippen LogP contribution < -0.4 is 16.2 Å². The number of rotatable bonds is 4. The van der Waals surface area contributed by atoms with Gasteiger partial charge in [0, 0.05) is 13.1 Å². The smallest absolute Gasteiger partial charge is 0.357 e. The SMILES string of the molecule is CCN(CC)c1cc(C(F)(F)F)cc(NN)n1. The minimum atomic E-state index is -4.41. The molecule has 0 bridgehead atoms. The summed E-state index contributed by atoms with van der Waals surface area (Å²) in [6.07, 6.45) is -4.41. The second-order valence-electron chi connectivity index (χ2n) is 3.41. The molecule has 1 aromatic heterocycles. The van der Waals surface area contributed by atoms with Crippen LogP contribution in [0, 0.1) is 0 Å². The van der Waals surface area contributed by atoms with Gasteiger partial charge >= 0.3 is 6.18 Å². The third-order valence-corrected chi connectivity index (χ3v) is 2.37. The molecule has 0 aliphatic heterocycles.